The molecular weight excluding hydrogens is 264 g/mol. The van der Waals surface area contributed by atoms with Crippen molar-refractivity contribution in [1.29, 1.82) is 0 Å². The molecule has 1 rings (SSSR count). The normalized spacial score (nSPS) is 19.1. The number of amides is 3. The number of nitrogens with one attached hydrogen (secondary N) is 1. The zero-order chi connectivity index (χ0) is 15.5. The Morgan fingerprint density at radius 1 is 1.20 bits per heavy atom. The molecule has 112 valence electrons. The molecule has 0 atom stereocenters. The summed E-state index contributed by atoms with van der Waals surface area (Å²) in [5.74, 6) is -1.88. The van der Waals surface area contributed by atoms with Crippen LogP contribution in [-0.2, 0) is 14.3 Å². The molecule has 0 radical (unpaired) electrons. The molecule has 1 saturated heterocycles. The van der Waals surface area contributed by atoms with E-state index in [1.165, 1.54) is 18.7 Å². The highest BCUT2D eigenvalue weighted by atomic mass is 16.5. The number of carbonyl (C=O) groups is 3. The first-order chi connectivity index (χ1) is 9.16. The molecule has 0 aromatic rings. The Morgan fingerprint density at radius 2 is 1.80 bits per heavy atom. The van der Waals surface area contributed by atoms with E-state index >= 15 is 0 Å². The molecule has 0 saturated carbocycles. The fourth-order valence-corrected chi connectivity index (χ4v) is 1.82. The van der Waals surface area contributed by atoms with Crippen LogP contribution in [0.2, 0.25) is 0 Å². The van der Waals surface area contributed by atoms with Gasteiger partial charge in [-0.2, -0.15) is 0 Å². The van der Waals surface area contributed by atoms with Crippen LogP contribution in [0.3, 0.4) is 0 Å². The number of aliphatic carboxylic acids is 1. The number of carboxylic acids is 1. The Morgan fingerprint density at radius 3 is 2.30 bits per heavy atom. The van der Waals surface area contributed by atoms with Crippen molar-refractivity contribution < 1.29 is 24.2 Å². The minimum Gasteiger partial charge on any atom is -0.478 e. The maximum atomic E-state index is 12.1. The number of rotatable bonds is 2. The van der Waals surface area contributed by atoms with E-state index in [-0.39, 0.29) is 11.1 Å². The lowest BCUT2D eigenvalue weighted by Gasteiger charge is -2.41. The van der Waals surface area contributed by atoms with Crippen LogP contribution in [-0.4, -0.2) is 53.2 Å². The summed E-state index contributed by atoms with van der Waals surface area (Å²) in [6.07, 6.45) is 0. The van der Waals surface area contributed by atoms with Crippen molar-refractivity contribution in [3.8, 4) is 0 Å². The first-order valence-corrected chi connectivity index (χ1v) is 6.28. The molecule has 2 N–H and O–H groups in total. The Labute approximate surface area is 117 Å². The number of carboxylic acid groups (broad SMARTS) is 1. The Kier molecular flexibility index (Phi) is 4.88. The summed E-state index contributed by atoms with van der Waals surface area (Å²) in [4.78, 5) is 36.2. The lowest BCUT2D eigenvalue weighted by Crippen LogP contribution is -2.59. The lowest BCUT2D eigenvalue weighted by molar-refractivity contribution is -0.133. The SMILES string of the molecule is CC(C(=O)O)=C(C)C(=O)NC(=O)N1CCOCC1(C)C. The Bertz CT molecular complexity index is 467. The van der Waals surface area contributed by atoms with Crippen LogP contribution < -0.4 is 5.32 Å². The van der Waals surface area contributed by atoms with Gasteiger partial charge in [-0.05, 0) is 27.7 Å². The molecule has 3 amide bonds. The van der Waals surface area contributed by atoms with Crippen molar-refractivity contribution in [3.05, 3.63) is 11.1 Å². The van der Waals surface area contributed by atoms with Crippen molar-refractivity contribution in [2.75, 3.05) is 19.8 Å². The summed E-state index contributed by atoms with van der Waals surface area (Å²) in [5, 5.41) is 11.0. The van der Waals surface area contributed by atoms with Gasteiger partial charge in [-0.25, -0.2) is 9.59 Å². The van der Waals surface area contributed by atoms with Crippen LogP contribution in [0.15, 0.2) is 11.1 Å². The predicted molar refractivity (Wildman–Crippen MR) is 71.2 cm³/mol. The van der Waals surface area contributed by atoms with Gasteiger partial charge < -0.3 is 14.7 Å². The summed E-state index contributed by atoms with van der Waals surface area (Å²) >= 11 is 0. The van der Waals surface area contributed by atoms with E-state index in [0.717, 1.165) is 0 Å². The molecule has 7 nitrogen and oxygen atoms in total. The summed E-state index contributed by atoms with van der Waals surface area (Å²) in [7, 11) is 0. The van der Waals surface area contributed by atoms with Crippen molar-refractivity contribution >= 4 is 17.9 Å². The van der Waals surface area contributed by atoms with Gasteiger partial charge in [0.15, 0.2) is 0 Å². The van der Waals surface area contributed by atoms with Gasteiger partial charge in [-0.15, -0.1) is 0 Å². The van der Waals surface area contributed by atoms with Crippen LogP contribution in [0, 0.1) is 0 Å². The lowest BCUT2D eigenvalue weighted by atomic mass is 10.0. The first-order valence-electron chi connectivity index (χ1n) is 6.28. The minimum absolute atomic E-state index is 0.0110. The van der Waals surface area contributed by atoms with Gasteiger partial charge in [-0.1, -0.05) is 0 Å². The number of ether oxygens (including phenoxy) is 1. The number of nitrogens with zero attached hydrogens (tertiary/aromatic N) is 1. The fourth-order valence-electron chi connectivity index (χ4n) is 1.82. The highest BCUT2D eigenvalue weighted by Gasteiger charge is 2.35. The molecule has 1 heterocycles. The molecule has 0 aromatic carbocycles. The zero-order valence-corrected chi connectivity index (χ0v) is 12.1. The van der Waals surface area contributed by atoms with Crippen molar-refractivity contribution in [1.82, 2.24) is 10.2 Å². The maximum absolute atomic E-state index is 12.1. The van der Waals surface area contributed by atoms with Gasteiger partial charge in [0, 0.05) is 17.7 Å². The molecule has 1 aliphatic heterocycles. The van der Waals surface area contributed by atoms with Crippen LogP contribution in [0.1, 0.15) is 27.7 Å². The zero-order valence-electron chi connectivity index (χ0n) is 12.1. The molecule has 20 heavy (non-hydrogen) atoms. The number of imide groups is 1. The second-order valence-electron chi connectivity index (χ2n) is 5.33. The van der Waals surface area contributed by atoms with Gasteiger partial charge in [0.25, 0.3) is 5.91 Å². The molecule has 0 unspecified atom stereocenters. The van der Waals surface area contributed by atoms with E-state index in [1.807, 2.05) is 13.8 Å². The molecule has 0 aliphatic carbocycles. The molecular formula is C13H20N2O5. The fraction of sp³-hybridized carbons (Fsp3) is 0.615. The summed E-state index contributed by atoms with van der Waals surface area (Å²) in [6.45, 7) is 7.54. The Balaban J connectivity index is 2.78. The quantitative estimate of drug-likeness (QED) is 0.730. The molecule has 0 aromatic heterocycles. The largest absolute Gasteiger partial charge is 0.478 e. The first kappa shape index (κ1) is 16.2. The number of urea groups is 1. The number of hydrogen-bond acceptors (Lipinski definition) is 4. The summed E-state index contributed by atoms with van der Waals surface area (Å²) < 4.78 is 5.29. The van der Waals surface area contributed by atoms with Crippen molar-refractivity contribution in [2.24, 2.45) is 0 Å². The van der Waals surface area contributed by atoms with Gasteiger partial charge in [-0.3, -0.25) is 10.1 Å². The summed E-state index contributed by atoms with van der Waals surface area (Å²) in [5.41, 5.74) is -0.587. The third-order valence-electron chi connectivity index (χ3n) is 3.33. The van der Waals surface area contributed by atoms with Gasteiger partial charge in [0.05, 0.1) is 18.8 Å². The Hall–Kier alpha value is -1.89. The van der Waals surface area contributed by atoms with Gasteiger partial charge in [0.1, 0.15) is 0 Å². The standard InChI is InChI=1S/C13H20N2O5/c1-8(9(2)11(17)18)10(16)14-12(19)15-5-6-20-7-13(15,3)4/h5-7H2,1-4H3,(H,17,18)(H,14,16,19). The molecule has 7 heteroatoms. The average Bonchev–Trinajstić information content (AvgIpc) is 2.35. The van der Waals surface area contributed by atoms with E-state index in [4.69, 9.17) is 9.84 Å². The maximum Gasteiger partial charge on any atom is 0.331 e. The van der Waals surface area contributed by atoms with Crippen LogP contribution in [0.4, 0.5) is 4.79 Å². The molecule has 1 aliphatic rings. The average molecular weight is 284 g/mol. The van der Waals surface area contributed by atoms with E-state index in [1.54, 1.807) is 0 Å². The molecule has 0 spiro atoms. The number of carbonyl (C=O) groups excluding carboxylic acids is 2. The van der Waals surface area contributed by atoms with Crippen molar-refractivity contribution in [3.63, 3.8) is 0 Å². The van der Waals surface area contributed by atoms with Crippen LogP contribution in [0.25, 0.3) is 0 Å². The van der Waals surface area contributed by atoms with E-state index in [2.05, 4.69) is 5.32 Å². The van der Waals surface area contributed by atoms with Crippen molar-refractivity contribution in [2.45, 2.75) is 33.2 Å². The van der Waals surface area contributed by atoms with Gasteiger partial charge >= 0.3 is 12.0 Å². The minimum atomic E-state index is -1.18. The van der Waals surface area contributed by atoms with E-state index in [0.29, 0.717) is 19.8 Å². The number of hydrogen-bond donors (Lipinski definition) is 2. The van der Waals surface area contributed by atoms with Crippen LogP contribution in [0.5, 0.6) is 0 Å². The molecule has 0 bridgehead atoms. The smallest absolute Gasteiger partial charge is 0.331 e. The third kappa shape index (κ3) is 3.57. The van der Waals surface area contributed by atoms with Crippen LogP contribution >= 0.6 is 0 Å². The molecule has 1 fully saturated rings. The van der Waals surface area contributed by atoms with E-state index in [9.17, 15) is 14.4 Å². The monoisotopic (exact) mass is 284 g/mol. The summed E-state index contributed by atoms with van der Waals surface area (Å²) in [6, 6.07) is -0.541. The third-order valence-corrected chi connectivity index (χ3v) is 3.33. The topological polar surface area (TPSA) is 95.9 Å². The number of morpholine rings is 1. The predicted octanol–water partition coefficient (Wildman–Crippen LogP) is 0.754. The highest BCUT2D eigenvalue weighted by Crippen LogP contribution is 2.19. The van der Waals surface area contributed by atoms with Gasteiger partial charge in [0.2, 0.25) is 0 Å². The second kappa shape index (κ2) is 6.04. The highest BCUT2D eigenvalue weighted by molar-refractivity contribution is 6.07. The second-order valence-corrected chi connectivity index (χ2v) is 5.33. The van der Waals surface area contributed by atoms with E-state index < -0.39 is 23.4 Å².